The number of fused-ring (bicyclic) bond motifs is 1. The van der Waals surface area contributed by atoms with Gasteiger partial charge in [0.15, 0.2) is 0 Å². The van der Waals surface area contributed by atoms with Gasteiger partial charge in [-0.3, -0.25) is 9.59 Å². The van der Waals surface area contributed by atoms with Crippen LogP contribution in [-0.2, 0) is 4.79 Å². The third kappa shape index (κ3) is 5.71. The van der Waals surface area contributed by atoms with Crippen LogP contribution in [0.15, 0.2) is 12.3 Å². The lowest BCUT2D eigenvalue weighted by Crippen LogP contribution is -2.50. The molecule has 0 radical (unpaired) electrons. The van der Waals surface area contributed by atoms with E-state index in [1.165, 1.54) is 6.20 Å². The van der Waals surface area contributed by atoms with E-state index >= 15 is 0 Å². The quantitative estimate of drug-likeness (QED) is 0.690. The maximum atomic E-state index is 13.2. The summed E-state index contributed by atoms with van der Waals surface area (Å²) in [6.07, 6.45) is 0.699. The van der Waals surface area contributed by atoms with Gasteiger partial charge < -0.3 is 24.7 Å². The molecule has 2 amide bonds. The number of aromatic nitrogens is 1. The van der Waals surface area contributed by atoms with Crippen molar-refractivity contribution in [3.05, 3.63) is 23.4 Å². The average Bonchev–Trinajstić information content (AvgIpc) is 2.73. The van der Waals surface area contributed by atoms with Crippen LogP contribution in [0.1, 0.15) is 50.0 Å². The van der Waals surface area contributed by atoms with Crippen LogP contribution in [0.3, 0.4) is 0 Å². The minimum atomic E-state index is -0.804. The van der Waals surface area contributed by atoms with Gasteiger partial charge in [0, 0.05) is 37.7 Å². The summed E-state index contributed by atoms with van der Waals surface area (Å²) in [6, 6.07) is 1.19. The molecule has 1 aliphatic rings. The molecule has 0 bridgehead atoms. The predicted octanol–water partition coefficient (Wildman–Crippen LogP) is 0.902. The number of amides is 2. The van der Waals surface area contributed by atoms with E-state index in [0.717, 1.165) is 0 Å². The first kappa shape index (κ1) is 23.6. The van der Waals surface area contributed by atoms with Crippen molar-refractivity contribution in [2.75, 3.05) is 26.7 Å². The van der Waals surface area contributed by atoms with Crippen LogP contribution in [-0.4, -0.2) is 81.8 Å². The zero-order chi connectivity index (χ0) is 22.4. The summed E-state index contributed by atoms with van der Waals surface area (Å²) in [5.74, 6) is 5.20. The third-order valence-corrected chi connectivity index (χ3v) is 5.13. The van der Waals surface area contributed by atoms with Gasteiger partial charge in [-0.1, -0.05) is 25.7 Å². The largest absolute Gasteiger partial charge is 0.472 e. The Bertz CT molecular complexity index is 830. The highest BCUT2D eigenvalue weighted by molar-refractivity contribution is 5.97. The maximum Gasteiger partial charge on any atom is 0.259 e. The van der Waals surface area contributed by atoms with E-state index in [0.29, 0.717) is 25.1 Å². The summed E-state index contributed by atoms with van der Waals surface area (Å²) >= 11 is 0. The van der Waals surface area contributed by atoms with E-state index in [1.54, 1.807) is 43.7 Å². The number of aliphatic hydroxyl groups excluding tert-OH is 2. The van der Waals surface area contributed by atoms with Crippen LogP contribution >= 0.6 is 0 Å². The molecule has 0 fully saturated rings. The first-order valence-corrected chi connectivity index (χ1v) is 10.2. The Balaban J connectivity index is 2.47. The number of pyridine rings is 1. The molecule has 164 valence electrons. The Morgan fingerprint density at radius 2 is 2.17 bits per heavy atom. The minimum absolute atomic E-state index is 0.00134. The lowest BCUT2D eigenvalue weighted by molar-refractivity contribution is -0.131. The van der Waals surface area contributed by atoms with Gasteiger partial charge in [0.2, 0.25) is 11.8 Å². The number of nitrogens with zero attached hydrogens (tertiary/aromatic N) is 3. The second kappa shape index (κ2) is 10.4. The van der Waals surface area contributed by atoms with E-state index in [1.807, 2.05) is 6.92 Å². The molecule has 8 heteroatoms. The van der Waals surface area contributed by atoms with Crippen molar-refractivity contribution in [3.8, 4) is 17.7 Å². The van der Waals surface area contributed by atoms with Crippen molar-refractivity contribution in [2.24, 2.45) is 5.92 Å². The molecule has 0 saturated heterocycles. The van der Waals surface area contributed by atoms with Gasteiger partial charge in [0.1, 0.15) is 17.8 Å². The summed E-state index contributed by atoms with van der Waals surface area (Å²) in [7, 11) is 1.73. The fourth-order valence-electron chi connectivity index (χ4n) is 3.22. The molecule has 8 nitrogen and oxygen atoms in total. The van der Waals surface area contributed by atoms with Crippen molar-refractivity contribution in [2.45, 2.75) is 52.4 Å². The lowest BCUT2D eigenvalue weighted by Gasteiger charge is -2.37. The zero-order valence-electron chi connectivity index (χ0n) is 18.3. The Kier molecular flexibility index (Phi) is 8.21. The van der Waals surface area contributed by atoms with E-state index in [2.05, 4.69) is 16.8 Å². The Morgan fingerprint density at radius 3 is 2.77 bits per heavy atom. The smallest absolute Gasteiger partial charge is 0.259 e. The number of carbonyl (C=O) groups is 2. The van der Waals surface area contributed by atoms with Crippen molar-refractivity contribution >= 4 is 11.8 Å². The third-order valence-electron chi connectivity index (χ3n) is 5.13. The normalized spacial score (nSPS) is 20.6. The molecular weight excluding hydrogens is 386 g/mol. The number of hydrogen-bond acceptors (Lipinski definition) is 6. The molecule has 0 saturated carbocycles. The molecule has 0 aliphatic carbocycles. The fraction of sp³-hybridized carbons (Fsp3) is 0.591. The van der Waals surface area contributed by atoms with Gasteiger partial charge in [-0.05, 0) is 19.9 Å². The number of aliphatic hydroxyl groups is 2. The highest BCUT2D eigenvalue weighted by Gasteiger charge is 2.34. The minimum Gasteiger partial charge on any atom is -0.472 e. The van der Waals surface area contributed by atoms with Gasteiger partial charge in [0.05, 0.1) is 19.2 Å². The first-order chi connectivity index (χ1) is 14.2. The monoisotopic (exact) mass is 417 g/mol. The SMILES string of the molecule is CCC(=O)N(C)C[C@H]1Oc2ncc(C#C[C@H](C)O)cc2C(=O)N([C@H](C)CO)C[C@H]1C. The Hall–Kier alpha value is -2.63. The van der Waals surface area contributed by atoms with Crippen LogP contribution in [0.25, 0.3) is 0 Å². The van der Waals surface area contributed by atoms with Crippen molar-refractivity contribution in [1.29, 1.82) is 0 Å². The van der Waals surface area contributed by atoms with Crippen LogP contribution in [0.4, 0.5) is 0 Å². The number of rotatable bonds is 5. The van der Waals surface area contributed by atoms with Gasteiger partial charge in [0.25, 0.3) is 5.91 Å². The lowest BCUT2D eigenvalue weighted by atomic mass is 10.00. The van der Waals surface area contributed by atoms with Crippen LogP contribution in [0.5, 0.6) is 5.88 Å². The highest BCUT2D eigenvalue weighted by atomic mass is 16.5. The van der Waals surface area contributed by atoms with Crippen LogP contribution in [0.2, 0.25) is 0 Å². The van der Waals surface area contributed by atoms with E-state index in [-0.39, 0.29) is 41.9 Å². The van der Waals surface area contributed by atoms with E-state index < -0.39 is 12.1 Å². The van der Waals surface area contributed by atoms with E-state index in [9.17, 15) is 19.8 Å². The van der Waals surface area contributed by atoms with Crippen molar-refractivity contribution < 1.29 is 24.5 Å². The van der Waals surface area contributed by atoms with Gasteiger partial charge in [-0.25, -0.2) is 4.98 Å². The number of likely N-dealkylation sites (N-methyl/N-ethyl adjacent to an activating group) is 1. The van der Waals surface area contributed by atoms with Gasteiger partial charge >= 0.3 is 0 Å². The summed E-state index contributed by atoms with van der Waals surface area (Å²) in [5, 5.41) is 19.1. The van der Waals surface area contributed by atoms with Crippen LogP contribution in [0, 0.1) is 17.8 Å². The summed E-state index contributed by atoms with van der Waals surface area (Å²) in [6.45, 7) is 7.62. The second-order valence-corrected chi connectivity index (χ2v) is 7.77. The molecule has 30 heavy (non-hydrogen) atoms. The maximum absolute atomic E-state index is 13.2. The fourth-order valence-corrected chi connectivity index (χ4v) is 3.22. The molecule has 0 unspecified atom stereocenters. The zero-order valence-corrected chi connectivity index (χ0v) is 18.3. The summed E-state index contributed by atoms with van der Waals surface area (Å²) < 4.78 is 6.11. The molecule has 1 aliphatic heterocycles. The molecule has 2 rings (SSSR count). The summed E-state index contributed by atoms with van der Waals surface area (Å²) in [5.41, 5.74) is 0.723. The molecule has 1 aromatic rings. The molecule has 0 aromatic carbocycles. The first-order valence-electron chi connectivity index (χ1n) is 10.2. The van der Waals surface area contributed by atoms with E-state index in [4.69, 9.17) is 4.74 Å². The number of carbonyl (C=O) groups excluding carboxylic acids is 2. The average molecular weight is 418 g/mol. The molecule has 0 spiro atoms. The number of hydrogen-bond donors (Lipinski definition) is 2. The Morgan fingerprint density at radius 1 is 1.47 bits per heavy atom. The second-order valence-electron chi connectivity index (χ2n) is 7.77. The molecule has 1 aromatic heterocycles. The topological polar surface area (TPSA) is 103 Å². The Labute approximate surface area is 177 Å². The molecule has 4 atom stereocenters. The van der Waals surface area contributed by atoms with Crippen molar-refractivity contribution in [3.63, 3.8) is 0 Å². The predicted molar refractivity (Wildman–Crippen MR) is 112 cm³/mol. The summed E-state index contributed by atoms with van der Waals surface area (Å²) in [4.78, 5) is 32.8. The molecule has 2 N–H and O–H groups in total. The number of ether oxygens (including phenoxy) is 1. The van der Waals surface area contributed by atoms with Gasteiger partial charge in [-0.15, -0.1) is 0 Å². The highest BCUT2D eigenvalue weighted by Crippen LogP contribution is 2.27. The standard InChI is InChI=1S/C22H31N3O5/c1-6-20(28)24(5)12-19-14(2)11-25(15(3)13-26)22(29)18-9-17(8-7-16(4)27)10-23-21(18)30-19/h9-10,14-16,19,26-27H,6,11-13H2,1-5H3/t14-,15-,16+,19-/m1/s1. The van der Waals surface area contributed by atoms with Gasteiger partial charge in [-0.2, -0.15) is 0 Å². The van der Waals surface area contributed by atoms with Crippen LogP contribution < -0.4 is 4.74 Å². The molecule has 2 heterocycles. The van der Waals surface area contributed by atoms with Crippen molar-refractivity contribution in [1.82, 2.24) is 14.8 Å². The molecular formula is C22H31N3O5.